The van der Waals surface area contributed by atoms with Crippen LogP contribution in [0.5, 0.6) is 0 Å². The summed E-state index contributed by atoms with van der Waals surface area (Å²) in [5.74, 6) is -0.815. The lowest BCUT2D eigenvalue weighted by Crippen LogP contribution is -2.27. The molecule has 2 aromatic carbocycles. The molecular formula is C28H32N4O4. The summed E-state index contributed by atoms with van der Waals surface area (Å²) in [5, 5.41) is 12.1. The molecule has 0 fully saturated rings. The van der Waals surface area contributed by atoms with Crippen molar-refractivity contribution in [3.05, 3.63) is 83.0 Å². The first-order valence-electron chi connectivity index (χ1n) is 11.9. The number of hydrogen-bond donors (Lipinski definition) is 4. The summed E-state index contributed by atoms with van der Waals surface area (Å²) in [4.78, 5) is 50.2. The van der Waals surface area contributed by atoms with Crippen molar-refractivity contribution in [2.75, 3.05) is 36.8 Å². The van der Waals surface area contributed by atoms with Gasteiger partial charge >= 0.3 is 0 Å². The van der Waals surface area contributed by atoms with Crippen molar-refractivity contribution in [3.8, 4) is 0 Å². The van der Waals surface area contributed by atoms with Crippen molar-refractivity contribution in [2.45, 2.75) is 26.7 Å². The van der Waals surface area contributed by atoms with E-state index in [2.05, 4.69) is 34.4 Å². The summed E-state index contributed by atoms with van der Waals surface area (Å²) >= 11 is 0. The summed E-state index contributed by atoms with van der Waals surface area (Å²) in [6.45, 7) is 12.4. The fraction of sp³-hybridized carbons (Fsp3) is 0.286. The van der Waals surface area contributed by atoms with E-state index in [0.717, 1.165) is 0 Å². The highest BCUT2D eigenvalue weighted by Gasteiger charge is 2.33. The zero-order chi connectivity index (χ0) is 26.2. The Morgan fingerprint density at radius 1 is 0.667 bits per heavy atom. The molecule has 2 aromatic rings. The third kappa shape index (κ3) is 6.07. The lowest BCUT2D eigenvalue weighted by atomic mass is 9.82. The Bertz CT molecular complexity index is 1140. The molecule has 0 unspecified atom stereocenters. The van der Waals surface area contributed by atoms with Gasteiger partial charge in [-0.15, -0.1) is 0 Å². The predicted molar refractivity (Wildman–Crippen MR) is 142 cm³/mol. The van der Waals surface area contributed by atoms with Crippen LogP contribution in [0, 0.1) is 0 Å². The van der Waals surface area contributed by atoms with Gasteiger partial charge in [0.15, 0.2) is 11.6 Å². The number of fused-ring (bicyclic) bond motifs is 2. The van der Waals surface area contributed by atoms with Crippen LogP contribution in [0.1, 0.15) is 58.5 Å². The third-order valence-electron chi connectivity index (χ3n) is 5.76. The second-order valence-corrected chi connectivity index (χ2v) is 8.75. The lowest BCUT2D eigenvalue weighted by molar-refractivity contribution is -0.118. The minimum atomic E-state index is -0.212. The maximum absolute atomic E-state index is 13.5. The van der Waals surface area contributed by atoms with Crippen LogP contribution in [0.15, 0.2) is 60.7 Å². The summed E-state index contributed by atoms with van der Waals surface area (Å²) in [6, 6.07) is 10.4. The lowest BCUT2D eigenvalue weighted by Gasteiger charge is -2.24. The molecule has 1 aliphatic rings. The first-order chi connectivity index (χ1) is 17.2. The molecule has 1 aliphatic carbocycles. The van der Waals surface area contributed by atoms with E-state index in [-0.39, 0.29) is 23.4 Å². The molecule has 0 radical (unpaired) electrons. The van der Waals surface area contributed by atoms with Gasteiger partial charge < -0.3 is 21.3 Å². The number of nitrogens with one attached hydrogen (secondary N) is 4. The summed E-state index contributed by atoms with van der Waals surface area (Å²) in [5.41, 5.74) is 3.47. The van der Waals surface area contributed by atoms with Crippen LogP contribution >= 0.6 is 0 Å². The zero-order valence-electron chi connectivity index (χ0n) is 20.8. The fourth-order valence-electron chi connectivity index (χ4n) is 3.85. The Kier molecular flexibility index (Phi) is 8.78. The second-order valence-electron chi connectivity index (χ2n) is 8.75. The topological polar surface area (TPSA) is 116 Å². The number of carbonyl (C=O) groups excluding carboxylic acids is 4. The second kappa shape index (κ2) is 12.0. The van der Waals surface area contributed by atoms with Gasteiger partial charge in [-0.05, 0) is 38.8 Å². The summed E-state index contributed by atoms with van der Waals surface area (Å²) in [6.07, 6.45) is 1.25. The summed E-state index contributed by atoms with van der Waals surface area (Å²) in [7, 11) is 0. The molecule has 4 N–H and O–H groups in total. The Hall–Kier alpha value is -4.20. The van der Waals surface area contributed by atoms with Crippen molar-refractivity contribution in [2.24, 2.45) is 0 Å². The quantitative estimate of drug-likeness (QED) is 0.229. The van der Waals surface area contributed by atoms with Crippen molar-refractivity contribution in [3.63, 3.8) is 0 Å². The number of ketones is 2. The predicted octanol–water partition coefficient (Wildman–Crippen LogP) is 3.45. The van der Waals surface area contributed by atoms with Gasteiger partial charge in [-0.25, -0.2) is 0 Å². The SMILES string of the molecule is C=C(C)C(=O)NCCCNc1ccc(NCCCNC(=O)C(=C)C)c2c1C(=O)c1ccccc1C2=O. The van der Waals surface area contributed by atoms with Crippen LogP contribution < -0.4 is 21.3 Å². The van der Waals surface area contributed by atoms with E-state index in [9.17, 15) is 19.2 Å². The first kappa shape index (κ1) is 26.4. The van der Waals surface area contributed by atoms with E-state index in [0.29, 0.717) is 83.8 Å². The number of anilines is 2. The normalized spacial score (nSPS) is 11.7. The van der Waals surface area contributed by atoms with Gasteiger partial charge in [0.25, 0.3) is 0 Å². The van der Waals surface area contributed by atoms with E-state index in [1.54, 1.807) is 50.2 Å². The molecule has 8 heteroatoms. The Morgan fingerprint density at radius 3 is 1.42 bits per heavy atom. The van der Waals surface area contributed by atoms with Crippen LogP contribution in [0.25, 0.3) is 0 Å². The Morgan fingerprint density at radius 2 is 1.06 bits per heavy atom. The number of rotatable bonds is 12. The maximum Gasteiger partial charge on any atom is 0.246 e. The van der Waals surface area contributed by atoms with Gasteiger partial charge in [0.2, 0.25) is 11.8 Å². The Labute approximate surface area is 211 Å². The highest BCUT2D eigenvalue weighted by Crippen LogP contribution is 2.36. The fourth-order valence-corrected chi connectivity index (χ4v) is 3.85. The molecule has 0 saturated carbocycles. The molecule has 0 saturated heterocycles. The number of hydrogen-bond acceptors (Lipinski definition) is 6. The molecule has 36 heavy (non-hydrogen) atoms. The molecule has 0 aromatic heterocycles. The minimum absolute atomic E-state index is 0.195. The van der Waals surface area contributed by atoms with E-state index >= 15 is 0 Å². The molecule has 0 atom stereocenters. The molecule has 188 valence electrons. The van der Waals surface area contributed by atoms with Gasteiger partial charge in [0, 0.05) is 59.8 Å². The number of carbonyl (C=O) groups is 4. The molecule has 0 spiro atoms. The maximum atomic E-state index is 13.5. The van der Waals surface area contributed by atoms with E-state index in [1.807, 2.05) is 0 Å². The molecule has 0 aliphatic heterocycles. The van der Waals surface area contributed by atoms with Gasteiger partial charge in [-0.1, -0.05) is 37.4 Å². The highest BCUT2D eigenvalue weighted by molar-refractivity contribution is 6.31. The zero-order valence-corrected chi connectivity index (χ0v) is 20.8. The molecule has 0 bridgehead atoms. The minimum Gasteiger partial charge on any atom is -0.384 e. The standard InChI is InChI=1S/C28H32N4O4/c1-17(2)27(35)31-15-7-13-29-21-11-12-22(30-14-8-16-32-28(36)18(3)4)24-23(21)25(33)19-9-5-6-10-20(19)26(24)34/h5-6,9-12,29-30H,1,3,7-8,13-16H2,2,4H3,(H,31,35)(H,32,36). The van der Waals surface area contributed by atoms with E-state index in [1.165, 1.54) is 0 Å². The third-order valence-corrected chi connectivity index (χ3v) is 5.76. The largest absolute Gasteiger partial charge is 0.384 e. The van der Waals surface area contributed by atoms with Gasteiger partial charge in [0.1, 0.15) is 0 Å². The van der Waals surface area contributed by atoms with Gasteiger partial charge in [-0.2, -0.15) is 0 Å². The van der Waals surface area contributed by atoms with Crippen LogP contribution in [0.2, 0.25) is 0 Å². The average molecular weight is 489 g/mol. The highest BCUT2D eigenvalue weighted by atomic mass is 16.2. The monoisotopic (exact) mass is 488 g/mol. The van der Waals surface area contributed by atoms with Crippen molar-refractivity contribution in [1.29, 1.82) is 0 Å². The number of benzene rings is 2. The molecule has 3 rings (SSSR count). The van der Waals surface area contributed by atoms with Gasteiger partial charge in [0.05, 0.1) is 11.1 Å². The smallest absolute Gasteiger partial charge is 0.246 e. The van der Waals surface area contributed by atoms with Crippen LogP contribution in [-0.4, -0.2) is 49.6 Å². The molecule has 2 amide bonds. The van der Waals surface area contributed by atoms with Crippen LogP contribution in [0.3, 0.4) is 0 Å². The van der Waals surface area contributed by atoms with Crippen molar-refractivity contribution < 1.29 is 19.2 Å². The molecule has 0 heterocycles. The first-order valence-corrected chi connectivity index (χ1v) is 11.9. The van der Waals surface area contributed by atoms with Gasteiger partial charge in [-0.3, -0.25) is 19.2 Å². The Balaban J connectivity index is 1.76. The van der Waals surface area contributed by atoms with E-state index in [4.69, 9.17) is 0 Å². The van der Waals surface area contributed by atoms with E-state index < -0.39 is 0 Å². The summed E-state index contributed by atoms with van der Waals surface area (Å²) < 4.78 is 0. The average Bonchev–Trinajstić information content (AvgIpc) is 2.86. The molecule has 8 nitrogen and oxygen atoms in total. The van der Waals surface area contributed by atoms with Crippen molar-refractivity contribution in [1.82, 2.24) is 10.6 Å². The molecular weight excluding hydrogens is 456 g/mol. The number of amides is 2. The van der Waals surface area contributed by atoms with Crippen molar-refractivity contribution >= 4 is 34.8 Å². The van der Waals surface area contributed by atoms with Crippen LogP contribution in [-0.2, 0) is 9.59 Å². The van der Waals surface area contributed by atoms with Crippen LogP contribution in [0.4, 0.5) is 11.4 Å².